The fourth-order valence-electron chi connectivity index (χ4n) is 2.87. The second-order valence-electron chi connectivity index (χ2n) is 7.51. The van der Waals surface area contributed by atoms with Gasteiger partial charge in [0.2, 0.25) is 5.75 Å². The lowest BCUT2D eigenvalue weighted by atomic mass is 9.93. The van der Waals surface area contributed by atoms with Gasteiger partial charge < -0.3 is 24.8 Å². The predicted octanol–water partition coefficient (Wildman–Crippen LogP) is 3.34. The first-order valence-electron chi connectivity index (χ1n) is 9.19. The van der Waals surface area contributed by atoms with Gasteiger partial charge in [-0.1, -0.05) is 44.2 Å². The molecular weight excluding hydrogens is 356 g/mol. The zero-order chi connectivity index (χ0) is 20.7. The van der Waals surface area contributed by atoms with Crippen LogP contribution in [0.1, 0.15) is 29.8 Å². The van der Waals surface area contributed by atoms with Crippen LogP contribution in [0.2, 0.25) is 0 Å². The second kappa shape index (κ2) is 9.46. The van der Waals surface area contributed by atoms with E-state index >= 15 is 0 Å². The zero-order valence-corrected chi connectivity index (χ0v) is 17.3. The SMILES string of the molecule is COc1cc(C(=O)N(C)CC(C)(C)CN)cc(OC)c1OCc1ccccc1. The quantitative estimate of drug-likeness (QED) is 0.715. The van der Waals surface area contributed by atoms with Crippen LogP contribution in [0.15, 0.2) is 42.5 Å². The first kappa shape index (κ1) is 21.6. The molecule has 2 rings (SSSR count). The lowest BCUT2D eigenvalue weighted by molar-refractivity contribution is 0.0739. The maximum atomic E-state index is 12.9. The maximum Gasteiger partial charge on any atom is 0.253 e. The van der Waals surface area contributed by atoms with E-state index in [1.54, 1.807) is 38.3 Å². The third-order valence-corrected chi connectivity index (χ3v) is 4.50. The highest BCUT2D eigenvalue weighted by Crippen LogP contribution is 2.39. The molecule has 0 heterocycles. The molecule has 2 aromatic rings. The van der Waals surface area contributed by atoms with Crippen molar-refractivity contribution in [3.8, 4) is 17.2 Å². The van der Waals surface area contributed by atoms with Crippen LogP contribution >= 0.6 is 0 Å². The Morgan fingerprint density at radius 2 is 1.64 bits per heavy atom. The molecule has 0 atom stereocenters. The molecule has 6 heteroatoms. The first-order chi connectivity index (χ1) is 13.3. The Kier molecular flexibility index (Phi) is 7.29. The third kappa shape index (κ3) is 5.39. The lowest BCUT2D eigenvalue weighted by Crippen LogP contribution is -2.39. The number of carbonyl (C=O) groups is 1. The Bertz CT molecular complexity index is 765. The highest BCUT2D eigenvalue weighted by atomic mass is 16.5. The number of hydrogen-bond acceptors (Lipinski definition) is 5. The normalized spacial score (nSPS) is 11.1. The van der Waals surface area contributed by atoms with Gasteiger partial charge in [0.15, 0.2) is 11.5 Å². The number of nitrogens with two attached hydrogens (primary N) is 1. The number of ether oxygens (including phenoxy) is 3. The van der Waals surface area contributed by atoms with Crippen molar-refractivity contribution in [1.29, 1.82) is 0 Å². The van der Waals surface area contributed by atoms with E-state index in [0.29, 0.717) is 42.5 Å². The molecule has 0 radical (unpaired) electrons. The van der Waals surface area contributed by atoms with Gasteiger partial charge >= 0.3 is 0 Å². The maximum absolute atomic E-state index is 12.9. The predicted molar refractivity (Wildman–Crippen MR) is 110 cm³/mol. The fraction of sp³-hybridized carbons (Fsp3) is 0.409. The van der Waals surface area contributed by atoms with E-state index in [4.69, 9.17) is 19.9 Å². The molecule has 0 aromatic heterocycles. The molecule has 0 saturated heterocycles. The van der Waals surface area contributed by atoms with Crippen LogP contribution in [0.25, 0.3) is 0 Å². The van der Waals surface area contributed by atoms with Gasteiger partial charge in [-0.3, -0.25) is 4.79 Å². The molecule has 6 nitrogen and oxygen atoms in total. The molecule has 2 aromatic carbocycles. The average molecular weight is 386 g/mol. The summed E-state index contributed by atoms with van der Waals surface area (Å²) in [5, 5.41) is 0. The van der Waals surface area contributed by atoms with Crippen molar-refractivity contribution in [2.24, 2.45) is 11.1 Å². The van der Waals surface area contributed by atoms with E-state index in [9.17, 15) is 4.79 Å². The van der Waals surface area contributed by atoms with Crippen LogP contribution < -0.4 is 19.9 Å². The van der Waals surface area contributed by atoms with Gasteiger partial charge in [0.25, 0.3) is 5.91 Å². The molecule has 0 fully saturated rings. The number of hydrogen-bond donors (Lipinski definition) is 1. The minimum Gasteiger partial charge on any atom is -0.493 e. The van der Waals surface area contributed by atoms with E-state index in [1.807, 2.05) is 44.2 Å². The van der Waals surface area contributed by atoms with Crippen molar-refractivity contribution in [2.75, 3.05) is 34.4 Å². The van der Waals surface area contributed by atoms with Crippen molar-refractivity contribution in [1.82, 2.24) is 4.90 Å². The van der Waals surface area contributed by atoms with E-state index in [2.05, 4.69) is 0 Å². The molecule has 0 aliphatic rings. The van der Waals surface area contributed by atoms with Crippen LogP contribution in [-0.4, -0.2) is 45.2 Å². The molecule has 0 spiro atoms. The molecule has 0 saturated carbocycles. The number of methoxy groups -OCH3 is 2. The summed E-state index contributed by atoms with van der Waals surface area (Å²) in [5.74, 6) is 1.23. The van der Waals surface area contributed by atoms with Crippen LogP contribution in [-0.2, 0) is 6.61 Å². The van der Waals surface area contributed by atoms with Gasteiger partial charge in [0, 0.05) is 19.2 Å². The summed E-state index contributed by atoms with van der Waals surface area (Å²) >= 11 is 0. The van der Waals surface area contributed by atoms with Gasteiger partial charge in [0.1, 0.15) is 6.61 Å². The summed E-state index contributed by atoms with van der Waals surface area (Å²) in [6.45, 7) is 5.45. The Morgan fingerprint density at radius 3 is 2.14 bits per heavy atom. The Balaban J connectivity index is 2.27. The van der Waals surface area contributed by atoms with E-state index in [0.717, 1.165) is 5.56 Å². The molecular formula is C22H30N2O4. The molecule has 2 N–H and O–H groups in total. The monoisotopic (exact) mass is 386 g/mol. The highest BCUT2D eigenvalue weighted by molar-refractivity contribution is 5.95. The summed E-state index contributed by atoms with van der Waals surface area (Å²) in [7, 11) is 4.85. The topological polar surface area (TPSA) is 74.0 Å². The summed E-state index contributed by atoms with van der Waals surface area (Å²) in [6, 6.07) is 13.2. The van der Waals surface area contributed by atoms with E-state index in [-0.39, 0.29) is 11.3 Å². The Hall–Kier alpha value is -2.73. The largest absolute Gasteiger partial charge is 0.493 e. The van der Waals surface area contributed by atoms with Crippen molar-refractivity contribution in [3.05, 3.63) is 53.6 Å². The summed E-state index contributed by atoms with van der Waals surface area (Å²) < 4.78 is 16.9. The summed E-state index contributed by atoms with van der Waals surface area (Å²) in [4.78, 5) is 14.6. The van der Waals surface area contributed by atoms with Gasteiger partial charge in [-0.2, -0.15) is 0 Å². The van der Waals surface area contributed by atoms with E-state index < -0.39 is 0 Å². The van der Waals surface area contributed by atoms with Crippen molar-refractivity contribution >= 4 is 5.91 Å². The molecule has 0 unspecified atom stereocenters. The smallest absolute Gasteiger partial charge is 0.253 e. The van der Waals surface area contributed by atoms with Crippen LogP contribution in [0.5, 0.6) is 17.2 Å². The van der Waals surface area contributed by atoms with E-state index in [1.165, 1.54) is 0 Å². The van der Waals surface area contributed by atoms with Gasteiger partial charge in [-0.05, 0) is 29.7 Å². The van der Waals surface area contributed by atoms with Crippen LogP contribution in [0.3, 0.4) is 0 Å². The first-order valence-corrected chi connectivity index (χ1v) is 9.19. The molecule has 1 amide bonds. The summed E-state index contributed by atoms with van der Waals surface area (Å²) in [6.07, 6.45) is 0. The van der Waals surface area contributed by atoms with Gasteiger partial charge in [0.05, 0.1) is 14.2 Å². The molecule has 28 heavy (non-hydrogen) atoms. The van der Waals surface area contributed by atoms with Gasteiger partial charge in [-0.25, -0.2) is 0 Å². The molecule has 152 valence electrons. The Labute approximate surface area is 167 Å². The zero-order valence-electron chi connectivity index (χ0n) is 17.3. The number of amides is 1. The third-order valence-electron chi connectivity index (χ3n) is 4.50. The average Bonchev–Trinajstić information content (AvgIpc) is 2.71. The number of nitrogens with zero attached hydrogens (tertiary/aromatic N) is 1. The molecule has 0 bridgehead atoms. The standard InChI is InChI=1S/C22H30N2O4/c1-22(2,14-23)15-24(3)21(25)17-11-18(26-4)20(19(12-17)27-5)28-13-16-9-7-6-8-10-16/h6-12H,13-15,23H2,1-5H3. The Morgan fingerprint density at radius 1 is 1.07 bits per heavy atom. The van der Waals surface area contributed by atoms with Crippen LogP contribution in [0.4, 0.5) is 0 Å². The van der Waals surface area contributed by atoms with Crippen LogP contribution in [0, 0.1) is 5.41 Å². The highest BCUT2D eigenvalue weighted by Gasteiger charge is 2.24. The minimum absolute atomic E-state index is 0.132. The van der Waals surface area contributed by atoms with Crippen molar-refractivity contribution in [2.45, 2.75) is 20.5 Å². The fourth-order valence-corrected chi connectivity index (χ4v) is 2.87. The summed E-state index contributed by atoms with van der Waals surface area (Å²) in [5.41, 5.74) is 7.11. The second-order valence-corrected chi connectivity index (χ2v) is 7.51. The molecule has 0 aliphatic heterocycles. The van der Waals surface area contributed by atoms with Crippen molar-refractivity contribution in [3.63, 3.8) is 0 Å². The number of benzene rings is 2. The molecule has 0 aliphatic carbocycles. The number of rotatable bonds is 9. The lowest BCUT2D eigenvalue weighted by Gasteiger charge is -2.29. The minimum atomic E-state index is -0.169. The number of carbonyl (C=O) groups excluding carboxylic acids is 1. The van der Waals surface area contributed by atoms with Crippen molar-refractivity contribution < 1.29 is 19.0 Å². The van der Waals surface area contributed by atoms with Gasteiger partial charge in [-0.15, -0.1) is 0 Å².